The van der Waals surface area contributed by atoms with E-state index >= 15 is 0 Å². The predicted molar refractivity (Wildman–Crippen MR) is 63.6 cm³/mol. The molecule has 0 saturated heterocycles. The van der Waals surface area contributed by atoms with Crippen molar-refractivity contribution in [3.05, 3.63) is 32.9 Å². The number of aromatic nitrogens is 2. The maximum Gasteiger partial charge on any atom is 0.308 e. The lowest BCUT2D eigenvalue weighted by molar-refractivity contribution is -0.757. The summed E-state index contributed by atoms with van der Waals surface area (Å²) < 4.78 is 4.94. The molecular formula is C11H15N3O5. The normalized spacial score (nSPS) is 10.1. The lowest BCUT2D eigenvalue weighted by Crippen LogP contribution is -2.12. The van der Waals surface area contributed by atoms with Crippen LogP contribution in [0.25, 0.3) is 0 Å². The van der Waals surface area contributed by atoms with E-state index < -0.39 is 11.1 Å². The Kier molecular flexibility index (Phi) is 5.16. The number of hydrogen-bond donors (Lipinski definition) is 0. The summed E-state index contributed by atoms with van der Waals surface area (Å²) in [5, 5.41) is 8.93. The Morgan fingerprint density at radius 3 is 2.47 bits per heavy atom. The molecule has 8 heteroatoms. The van der Waals surface area contributed by atoms with Crippen LogP contribution in [0, 0.1) is 30.9 Å². The molecule has 1 rings (SSSR count). The third-order valence-electron chi connectivity index (χ3n) is 2.45. The van der Waals surface area contributed by atoms with Crippen molar-refractivity contribution in [2.75, 3.05) is 6.61 Å². The summed E-state index contributed by atoms with van der Waals surface area (Å²) >= 11 is 0. The van der Waals surface area contributed by atoms with Gasteiger partial charge in [0.2, 0.25) is 0 Å². The molecule has 0 fully saturated rings. The van der Waals surface area contributed by atoms with E-state index in [-0.39, 0.29) is 19.6 Å². The Labute approximate surface area is 109 Å². The van der Waals surface area contributed by atoms with Crippen molar-refractivity contribution in [1.82, 2.24) is 9.97 Å². The third-order valence-corrected chi connectivity index (χ3v) is 2.45. The van der Waals surface area contributed by atoms with Gasteiger partial charge in [0, 0.05) is 0 Å². The SMILES string of the molecule is Cc1nc(C)c(COC(=O)CCO[N+](=O)[O-])nc1C. The van der Waals surface area contributed by atoms with Gasteiger partial charge in [-0.3, -0.25) is 14.8 Å². The Morgan fingerprint density at radius 1 is 1.21 bits per heavy atom. The topological polar surface area (TPSA) is 104 Å². The first-order chi connectivity index (χ1) is 8.90. The highest BCUT2D eigenvalue weighted by Gasteiger charge is 2.09. The van der Waals surface area contributed by atoms with Crippen LogP contribution in [-0.2, 0) is 21.0 Å². The van der Waals surface area contributed by atoms with Crippen LogP contribution >= 0.6 is 0 Å². The first kappa shape index (κ1) is 14.8. The molecule has 0 bridgehead atoms. The van der Waals surface area contributed by atoms with Gasteiger partial charge in [-0.05, 0) is 20.8 Å². The van der Waals surface area contributed by atoms with Gasteiger partial charge in [-0.2, -0.15) is 0 Å². The van der Waals surface area contributed by atoms with E-state index in [2.05, 4.69) is 14.8 Å². The lowest BCUT2D eigenvalue weighted by Gasteiger charge is -2.08. The molecule has 0 radical (unpaired) electrons. The first-order valence-electron chi connectivity index (χ1n) is 5.63. The van der Waals surface area contributed by atoms with E-state index in [9.17, 15) is 14.9 Å². The molecule has 0 aliphatic carbocycles. The Morgan fingerprint density at radius 2 is 1.84 bits per heavy atom. The van der Waals surface area contributed by atoms with Gasteiger partial charge in [-0.1, -0.05) is 0 Å². The van der Waals surface area contributed by atoms with E-state index in [1.54, 1.807) is 6.92 Å². The maximum absolute atomic E-state index is 11.3. The van der Waals surface area contributed by atoms with Gasteiger partial charge in [0.15, 0.2) is 0 Å². The van der Waals surface area contributed by atoms with E-state index in [4.69, 9.17) is 4.74 Å². The van der Waals surface area contributed by atoms with Crippen molar-refractivity contribution < 1.29 is 19.5 Å². The van der Waals surface area contributed by atoms with Crippen molar-refractivity contribution in [2.24, 2.45) is 0 Å². The minimum absolute atomic E-state index is 0.00273. The average molecular weight is 269 g/mol. The van der Waals surface area contributed by atoms with Crippen molar-refractivity contribution in [3.8, 4) is 0 Å². The molecule has 0 N–H and O–H groups in total. The molecule has 0 atom stereocenters. The fraction of sp³-hybridized carbons (Fsp3) is 0.545. The molecule has 8 nitrogen and oxygen atoms in total. The molecule has 19 heavy (non-hydrogen) atoms. The second kappa shape index (κ2) is 6.62. The highest BCUT2D eigenvalue weighted by Crippen LogP contribution is 2.08. The summed E-state index contributed by atoms with van der Waals surface area (Å²) in [4.78, 5) is 33.7. The standard InChI is InChI=1S/C11H15N3O5/c1-7-8(2)13-10(9(3)12-7)6-18-11(15)4-5-19-14(16)17/h4-6H2,1-3H3. The van der Waals surface area contributed by atoms with Gasteiger partial charge in [-0.25, -0.2) is 0 Å². The minimum Gasteiger partial charge on any atom is -0.459 e. The van der Waals surface area contributed by atoms with Gasteiger partial charge in [-0.15, -0.1) is 10.1 Å². The molecule has 0 spiro atoms. The molecule has 0 amide bonds. The van der Waals surface area contributed by atoms with E-state index in [0.717, 1.165) is 11.4 Å². The third kappa shape index (κ3) is 4.86. The van der Waals surface area contributed by atoms with E-state index in [1.807, 2.05) is 13.8 Å². The molecule has 0 aromatic carbocycles. The van der Waals surface area contributed by atoms with Gasteiger partial charge >= 0.3 is 5.97 Å². The highest BCUT2D eigenvalue weighted by molar-refractivity contribution is 5.69. The van der Waals surface area contributed by atoms with Crippen LogP contribution < -0.4 is 0 Å². The van der Waals surface area contributed by atoms with Crippen molar-refractivity contribution in [2.45, 2.75) is 33.8 Å². The van der Waals surface area contributed by atoms with Gasteiger partial charge in [0.25, 0.3) is 5.09 Å². The first-order valence-corrected chi connectivity index (χ1v) is 5.63. The Hall–Kier alpha value is -2.25. The second-order valence-corrected chi connectivity index (χ2v) is 3.89. The van der Waals surface area contributed by atoms with Crippen LogP contribution in [0.4, 0.5) is 0 Å². The van der Waals surface area contributed by atoms with E-state index in [0.29, 0.717) is 11.4 Å². The number of aryl methyl sites for hydroxylation is 3. The van der Waals surface area contributed by atoms with E-state index in [1.165, 1.54) is 0 Å². The molecule has 0 unspecified atom stereocenters. The summed E-state index contributed by atoms with van der Waals surface area (Å²) in [7, 11) is 0. The van der Waals surface area contributed by atoms with Crippen LogP contribution in [0.15, 0.2) is 0 Å². The zero-order chi connectivity index (χ0) is 14.4. The van der Waals surface area contributed by atoms with Crippen LogP contribution in [-0.4, -0.2) is 27.6 Å². The highest BCUT2D eigenvalue weighted by atomic mass is 16.9. The van der Waals surface area contributed by atoms with Crippen LogP contribution in [0.3, 0.4) is 0 Å². The van der Waals surface area contributed by atoms with Gasteiger partial charge in [0.05, 0.1) is 29.2 Å². The van der Waals surface area contributed by atoms with Crippen molar-refractivity contribution in [1.29, 1.82) is 0 Å². The molecule has 0 saturated carbocycles. The molecule has 1 heterocycles. The number of carbonyl (C=O) groups is 1. The number of nitrogens with zero attached hydrogens (tertiary/aromatic N) is 3. The average Bonchev–Trinajstić information content (AvgIpc) is 2.31. The number of ether oxygens (including phenoxy) is 1. The zero-order valence-electron chi connectivity index (χ0n) is 11.0. The zero-order valence-corrected chi connectivity index (χ0v) is 11.0. The summed E-state index contributed by atoms with van der Waals surface area (Å²) in [6, 6.07) is 0. The van der Waals surface area contributed by atoms with Gasteiger partial charge < -0.3 is 9.57 Å². The number of rotatable bonds is 6. The maximum atomic E-state index is 11.3. The smallest absolute Gasteiger partial charge is 0.308 e. The fourth-order valence-electron chi connectivity index (χ4n) is 1.32. The van der Waals surface area contributed by atoms with Crippen molar-refractivity contribution >= 4 is 5.97 Å². The lowest BCUT2D eigenvalue weighted by atomic mass is 10.3. The fourth-order valence-corrected chi connectivity index (χ4v) is 1.32. The summed E-state index contributed by atoms with van der Waals surface area (Å²) in [6.45, 7) is 5.12. The summed E-state index contributed by atoms with van der Waals surface area (Å²) in [6.07, 6.45) is -0.182. The Bertz CT molecular complexity index is 489. The summed E-state index contributed by atoms with van der Waals surface area (Å²) in [5.41, 5.74) is 2.87. The summed E-state index contributed by atoms with van der Waals surface area (Å²) in [5.74, 6) is -0.582. The molecule has 1 aromatic rings. The number of esters is 1. The van der Waals surface area contributed by atoms with Crippen molar-refractivity contribution in [3.63, 3.8) is 0 Å². The molecule has 104 valence electrons. The molecular weight excluding hydrogens is 254 g/mol. The van der Waals surface area contributed by atoms with Gasteiger partial charge in [0.1, 0.15) is 13.2 Å². The minimum atomic E-state index is -0.952. The van der Waals surface area contributed by atoms with Crippen LogP contribution in [0.2, 0.25) is 0 Å². The molecule has 0 aliphatic rings. The predicted octanol–water partition coefficient (Wildman–Crippen LogP) is 1.04. The molecule has 1 aromatic heterocycles. The quantitative estimate of drug-likeness (QED) is 0.431. The largest absolute Gasteiger partial charge is 0.459 e. The second-order valence-electron chi connectivity index (χ2n) is 3.89. The Balaban J connectivity index is 2.46. The number of hydrogen-bond acceptors (Lipinski definition) is 7. The van der Waals surface area contributed by atoms with Crippen LogP contribution in [0.1, 0.15) is 29.2 Å². The number of carbonyl (C=O) groups excluding carboxylic acids is 1. The molecule has 0 aliphatic heterocycles. The monoisotopic (exact) mass is 269 g/mol. The van der Waals surface area contributed by atoms with Crippen LogP contribution in [0.5, 0.6) is 0 Å².